The lowest BCUT2D eigenvalue weighted by atomic mass is 10.1. The van der Waals surface area contributed by atoms with Crippen LogP contribution in [0.15, 0.2) is 36.4 Å². The van der Waals surface area contributed by atoms with Gasteiger partial charge < -0.3 is 24.6 Å². The molecule has 0 bridgehead atoms. The Morgan fingerprint density at radius 1 is 1.16 bits per heavy atom. The number of anilines is 2. The molecule has 0 spiro atoms. The summed E-state index contributed by atoms with van der Waals surface area (Å²) < 4.78 is 10.5. The number of carbonyl (C=O) groups is 1. The number of ether oxygens (including phenoxy) is 2. The standard InChI is InChI=1S/C23H26N4O5/c1-3-25-8-10-26(11-9-25)19-6-5-18(12-16(19)2)24-23(28)7-4-17-13-21-22(32-15-31-21)14-20(17)27(29)30/h4-7,12-14H,3,8-11,15H2,1-2H3,(H,24,28)/b7-4+. The first-order valence-electron chi connectivity index (χ1n) is 10.6. The van der Waals surface area contributed by atoms with E-state index in [-0.39, 0.29) is 24.0 Å². The molecule has 2 aromatic rings. The van der Waals surface area contributed by atoms with E-state index in [4.69, 9.17) is 9.47 Å². The van der Waals surface area contributed by atoms with E-state index < -0.39 is 4.92 Å². The van der Waals surface area contributed by atoms with E-state index in [2.05, 4.69) is 22.0 Å². The van der Waals surface area contributed by atoms with Gasteiger partial charge in [-0.15, -0.1) is 0 Å². The zero-order valence-corrected chi connectivity index (χ0v) is 18.2. The van der Waals surface area contributed by atoms with Crippen molar-refractivity contribution in [2.24, 2.45) is 0 Å². The normalized spacial score (nSPS) is 15.9. The SMILES string of the molecule is CCN1CCN(c2ccc(NC(=O)/C=C/c3cc4c(cc3[N+](=O)[O-])OCO4)cc2C)CC1. The summed E-state index contributed by atoms with van der Waals surface area (Å²) in [6.45, 7) is 9.36. The Balaban J connectivity index is 1.43. The number of hydrogen-bond donors (Lipinski definition) is 1. The van der Waals surface area contributed by atoms with Gasteiger partial charge in [0, 0.05) is 43.6 Å². The number of piperazine rings is 1. The largest absolute Gasteiger partial charge is 0.454 e. The molecule has 0 radical (unpaired) electrons. The molecule has 0 atom stereocenters. The summed E-state index contributed by atoms with van der Waals surface area (Å²) in [5.41, 5.74) is 3.05. The molecule has 4 rings (SSSR count). The van der Waals surface area contributed by atoms with Gasteiger partial charge in [-0.05, 0) is 49.4 Å². The second-order valence-electron chi connectivity index (χ2n) is 7.77. The van der Waals surface area contributed by atoms with Crippen LogP contribution >= 0.6 is 0 Å². The van der Waals surface area contributed by atoms with Crippen molar-refractivity contribution < 1.29 is 19.2 Å². The van der Waals surface area contributed by atoms with E-state index in [0.29, 0.717) is 17.2 Å². The molecular formula is C23H26N4O5. The lowest BCUT2D eigenvalue weighted by molar-refractivity contribution is -0.385. The number of fused-ring (bicyclic) bond motifs is 1. The van der Waals surface area contributed by atoms with Crippen molar-refractivity contribution in [2.45, 2.75) is 13.8 Å². The highest BCUT2D eigenvalue weighted by atomic mass is 16.7. The van der Waals surface area contributed by atoms with Crippen molar-refractivity contribution in [1.29, 1.82) is 0 Å². The average molecular weight is 438 g/mol. The van der Waals surface area contributed by atoms with Crippen LogP contribution in [0.2, 0.25) is 0 Å². The molecular weight excluding hydrogens is 412 g/mol. The summed E-state index contributed by atoms with van der Waals surface area (Å²) in [4.78, 5) is 28.1. The third-order valence-corrected chi connectivity index (χ3v) is 5.76. The number of nitro groups is 1. The Bertz CT molecular complexity index is 1060. The predicted octanol–water partition coefficient (Wildman–Crippen LogP) is 3.43. The molecule has 0 aliphatic carbocycles. The molecule has 0 unspecified atom stereocenters. The summed E-state index contributed by atoms with van der Waals surface area (Å²) in [6.07, 6.45) is 2.68. The average Bonchev–Trinajstić information content (AvgIpc) is 3.25. The van der Waals surface area contributed by atoms with E-state index in [9.17, 15) is 14.9 Å². The Morgan fingerprint density at radius 2 is 1.88 bits per heavy atom. The van der Waals surface area contributed by atoms with Gasteiger partial charge in [0.1, 0.15) is 0 Å². The van der Waals surface area contributed by atoms with Crippen LogP contribution in [0, 0.1) is 17.0 Å². The highest BCUT2D eigenvalue weighted by Gasteiger charge is 2.22. The fraction of sp³-hybridized carbons (Fsp3) is 0.348. The zero-order chi connectivity index (χ0) is 22.7. The second-order valence-corrected chi connectivity index (χ2v) is 7.77. The minimum absolute atomic E-state index is 0.0176. The first kappa shape index (κ1) is 21.6. The Morgan fingerprint density at radius 3 is 2.53 bits per heavy atom. The summed E-state index contributed by atoms with van der Waals surface area (Å²) in [5, 5.41) is 14.2. The molecule has 2 heterocycles. The Hall–Kier alpha value is -3.59. The fourth-order valence-corrected chi connectivity index (χ4v) is 3.98. The number of aryl methyl sites for hydroxylation is 1. The topological polar surface area (TPSA) is 97.2 Å². The Labute approximate surface area is 186 Å². The molecule has 1 fully saturated rings. The van der Waals surface area contributed by atoms with Gasteiger partial charge in [-0.3, -0.25) is 14.9 Å². The monoisotopic (exact) mass is 438 g/mol. The third-order valence-electron chi connectivity index (χ3n) is 5.76. The molecule has 0 saturated carbocycles. The van der Waals surface area contributed by atoms with Gasteiger partial charge in [-0.2, -0.15) is 0 Å². The molecule has 0 aromatic heterocycles. The van der Waals surface area contributed by atoms with Crippen LogP contribution in [-0.2, 0) is 4.79 Å². The number of nitrogens with zero attached hydrogens (tertiary/aromatic N) is 3. The molecule has 32 heavy (non-hydrogen) atoms. The molecule has 2 aliphatic rings. The van der Waals surface area contributed by atoms with E-state index in [1.165, 1.54) is 30.0 Å². The van der Waals surface area contributed by atoms with Crippen molar-refractivity contribution in [1.82, 2.24) is 4.90 Å². The summed E-state index contributed by atoms with van der Waals surface area (Å²) in [5.74, 6) is 0.368. The maximum absolute atomic E-state index is 12.4. The van der Waals surface area contributed by atoms with Crippen molar-refractivity contribution in [3.63, 3.8) is 0 Å². The van der Waals surface area contributed by atoms with Crippen LogP contribution in [0.1, 0.15) is 18.1 Å². The number of nitrogens with one attached hydrogen (secondary N) is 1. The second kappa shape index (κ2) is 9.27. The molecule has 1 saturated heterocycles. The van der Waals surface area contributed by atoms with Crippen LogP contribution in [-0.4, -0.2) is 55.2 Å². The van der Waals surface area contributed by atoms with Crippen LogP contribution in [0.5, 0.6) is 11.5 Å². The maximum Gasteiger partial charge on any atom is 0.280 e. The third kappa shape index (κ3) is 4.67. The minimum atomic E-state index is -0.512. The van der Waals surface area contributed by atoms with E-state index >= 15 is 0 Å². The van der Waals surface area contributed by atoms with Gasteiger partial charge in [0.05, 0.1) is 16.6 Å². The van der Waals surface area contributed by atoms with E-state index in [1.807, 2.05) is 25.1 Å². The number of hydrogen-bond acceptors (Lipinski definition) is 7. The molecule has 9 heteroatoms. The van der Waals surface area contributed by atoms with Crippen molar-refractivity contribution >= 4 is 29.0 Å². The quantitative estimate of drug-likeness (QED) is 0.419. The molecule has 168 valence electrons. The first-order chi connectivity index (χ1) is 15.4. The van der Waals surface area contributed by atoms with Crippen LogP contribution in [0.25, 0.3) is 6.08 Å². The van der Waals surface area contributed by atoms with Gasteiger partial charge in [0.15, 0.2) is 11.5 Å². The van der Waals surface area contributed by atoms with Crippen LogP contribution in [0.3, 0.4) is 0 Å². The Kier molecular flexibility index (Phi) is 6.27. The first-order valence-corrected chi connectivity index (χ1v) is 10.6. The van der Waals surface area contributed by atoms with Gasteiger partial charge in [-0.1, -0.05) is 6.92 Å². The number of carbonyl (C=O) groups excluding carboxylic acids is 1. The van der Waals surface area contributed by atoms with Crippen molar-refractivity contribution in [3.8, 4) is 11.5 Å². The minimum Gasteiger partial charge on any atom is -0.454 e. The lowest BCUT2D eigenvalue weighted by Crippen LogP contribution is -2.46. The highest BCUT2D eigenvalue weighted by Crippen LogP contribution is 2.38. The van der Waals surface area contributed by atoms with E-state index in [1.54, 1.807) is 0 Å². The number of amides is 1. The molecule has 9 nitrogen and oxygen atoms in total. The predicted molar refractivity (Wildman–Crippen MR) is 122 cm³/mol. The fourth-order valence-electron chi connectivity index (χ4n) is 3.98. The zero-order valence-electron chi connectivity index (χ0n) is 18.2. The van der Waals surface area contributed by atoms with Crippen molar-refractivity contribution in [2.75, 3.05) is 49.7 Å². The number of rotatable bonds is 6. The summed E-state index contributed by atoms with van der Waals surface area (Å²) in [7, 11) is 0. The number of benzene rings is 2. The number of nitro benzene ring substituents is 1. The van der Waals surface area contributed by atoms with Crippen LogP contribution < -0.4 is 19.7 Å². The highest BCUT2D eigenvalue weighted by molar-refractivity contribution is 6.02. The molecule has 1 N–H and O–H groups in total. The van der Waals surface area contributed by atoms with Crippen molar-refractivity contribution in [3.05, 3.63) is 57.6 Å². The van der Waals surface area contributed by atoms with Gasteiger partial charge in [0.2, 0.25) is 12.7 Å². The van der Waals surface area contributed by atoms with Gasteiger partial charge >= 0.3 is 0 Å². The molecule has 2 aliphatic heterocycles. The van der Waals surface area contributed by atoms with Crippen LogP contribution in [0.4, 0.5) is 17.1 Å². The maximum atomic E-state index is 12.4. The molecule has 1 amide bonds. The smallest absolute Gasteiger partial charge is 0.280 e. The summed E-state index contributed by atoms with van der Waals surface area (Å²) >= 11 is 0. The number of likely N-dealkylation sites (N-methyl/N-ethyl adjacent to an activating group) is 1. The lowest BCUT2D eigenvalue weighted by Gasteiger charge is -2.36. The summed E-state index contributed by atoms with van der Waals surface area (Å²) in [6, 6.07) is 8.66. The van der Waals surface area contributed by atoms with E-state index in [0.717, 1.165) is 38.3 Å². The van der Waals surface area contributed by atoms with Gasteiger partial charge in [-0.25, -0.2) is 0 Å². The molecule has 2 aromatic carbocycles. The van der Waals surface area contributed by atoms with Gasteiger partial charge in [0.25, 0.3) is 5.69 Å².